The predicted octanol–water partition coefficient (Wildman–Crippen LogP) is 4.16. The van der Waals surface area contributed by atoms with Crippen LogP contribution in [0, 0.1) is 0 Å². The molecule has 0 aromatic heterocycles. The van der Waals surface area contributed by atoms with Gasteiger partial charge in [0.1, 0.15) is 0 Å². The average Bonchev–Trinajstić information content (AvgIpc) is 2.74. The van der Waals surface area contributed by atoms with Crippen LogP contribution in [0.25, 0.3) is 0 Å². The van der Waals surface area contributed by atoms with E-state index in [-0.39, 0.29) is 27.1 Å². The average molecular weight is 444 g/mol. The minimum absolute atomic E-state index is 0.00238. The van der Waals surface area contributed by atoms with Crippen LogP contribution in [0.15, 0.2) is 93.5 Å². The van der Waals surface area contributed by atoms with Gasteiger partial charge in [0.15, 0.2) is 0 Å². The molecule has 0 aliphatic carbocycles. The lowest BCUT2D eigenvalue weighted by atomic mass is 10.0. The van der Waals surface area contributed by atoms with E-state index in [2.05, 4.69) is 4.72 Å². The monoisotopic (exact) mass is 443 g/mol. The smallest absolute Gasteiger partial charge is 0.219 e. The van der Waals surface area contributed by atoms with Crippen molar-refractivity contribution < 1.29 is 16.8 Å². The molecule has 0 atom stereocenters. The molecule has 0 saturated heterocycles. The summed E-state index contributed by atoms with van der Waals surface area (Å²) in [6.07, 6.45) is 0.541. The van der Waals surface area contributed by atoms with Crippen LogP contribution < -0.4 is 4.72 Å². The van der Waals surface area contributed by atoms with Crippen molar-refractivity contribution in [2.75, 3.05) is 6.54 Å². The van der Waals surface area contributed by atoms with Crippen LogP contribution in [0.3, 0.4) is 0 Å². The molecule has 0 aliphatic rings. The van der Waals surface area contributed by atoms with Crippen molar-refractivity contribution in [3.8, 4) is 0 Å². The van der Waals surface area contributed by atoms with E-state index >= 15 is 0 Å². The third kappa shape index (κ3) is 4.98. The summed E-state index contributed by atoms with van der Waals surface area (Å²) in [4.78, 5) is 0.0896. The summed E-state index contributed by atoms with van der Waals surface area (Å²) < 4.78 is 54.7. The highest BCUT2D eigenvalue weighted by Gasteiger charge is 2.25. The fraction of sp³-hybridized carbons (Fsp3) is 0.217. The molecule has 0 spiro atoms. The summed E-state index contributed by atoms with van der Waals surface area (Å²) in [5.41, 5.74) is 1.60. The fourth-order valence-electron chi connectivity index (χ4n) is 3.18. The summed E-state index contributed by atoms with van der Waals surface area (Å²) in [5, 5.41) is 0. The molecule has 3 aromatic rings. The van der Waals surface area contributed by atoms with Crippen molar-refractivity contribution in [2.24, 2.45) is 0 Å². The first-order chi connectivity index (χ1) is 14.2. The number of sulfonamides is 1. The van der Waals surface area contributed by atoms with E-state index < -0.39 is 19.9 Å². The minimum atomic E-state index is -3.89. The van der Waals surface area contributed by atoms with E-state index in [9.17, 15) is 16.8 Å². The summed E-state index contributed by atoms with van der Waals surface area (Å²) >= 11 is 0. The molecule has 30 heavy (non-hydrogen) atoms. The summed E-state index contributed by atoms with van der Waals surface area (Å²) in [5.74, 6) is -0.0841. The Morgan fingerprint density at radius 1 is 0.767 bits per heavy atom. The second kappa shape index (κ2) is 9.12. The van der Waals surface area contributed by atoms with Gasteiger partial charge in [-0.25, -0.2) is 21.6 Å². The Balaban J connectivity index is 1.94. The Hall–Kier alpha value is -2.48. The molecule has 0 aliphatic heterocycles. The quantitative estimate of drug-likeness (QED) is 0.567. The fourth-order valence-corrected chi connectivity index (χ4v) is 5.98. The third-order valence-corrected chi connectivity index (χ3v) is 8.09. The molecule has 0 saturated carbocycles. The Morgan fingerprint density at radius 2 is 1.37 bits per heavy atom. The van der Waals surface area contributed by atoms with Crippen LogP contribution in [0.5, 0.6) is 0 Å². The van der Waals surface area contributed by atoms with Crippen LogP contribution in [-0.2, 0) is 26.3 Å². The van der Waals surface area contributed by atoms with Crippen LogP contribution in [-0.4, -0.2) is 23.4 Å². The van der Waals surface area contributed by atoms with Gasteiger partial charge < -0.3 is 0 Å². The number of benzene rings is 3. The van der Waals surface area contributed by atoms with Gasteiger partial charge in [0.05, 0.1) is 14.7 Å². The van der Waals surface area contributed by atoms with Gasteiger partial charge in [-0.05, 0) is 47.7 Å². The molecule has 5 nitrogen and oxygen atoms in total. The lowest BCUT2D eigenvalue weighted by Gasteiger charge is -2.16. The van der Waals surface area contributed by atoms with Gasteiger partial charge >= 0.3 is 0 Å². The van der Waals surface area contributed by atoms with E-state index in [0.29, 0.717) is 12.0 Å². The topological polar surface area (TPSA) is 80.3 Å². The first-order valence-corrected chi connectivity index (χ1v) is 12.7. The summed E-state index contributed by atoms with van der Waals surface area (Å²) in [6, 6.07) is 21.9. The number of nitrogens with one attached hydrogen (secondary N) is 1. The molecule has 7 heteroatoms. The third-order valence-electron chi connectivity index (χ3n) is 4.81. The Bertz CT molecular complexity index is 1200. The van der Waals surface area contributed by atoms with E-state index in [1.165, 1.54) is 24.3 Å². The van der Waals surface area contributed by atoms with Gasteiger partial charge in [0.2, 0.25) is 19.9 Å². The molecule has 1 N–H and O–H groups in total. The number of hydrogen-bond acceptors (Lipinski definition) is 4. The van der Waals surface area contributed by atoms with Crippen molar-refractivity contribution in [3.63, 3.8) is 0 Å². The van der Waals surface area contributed by atoms with Crippen molar-refractivity contribution >= 4 is 19.9 Å². The van der Waals surface area contributed by atoms with Crippen molar-refractivity contribution in [3.05, 3.63) is 90.0 Å². The normalized spacial score (nSPS) is 12.2. The number of hydrogen-bond donors (Lipinski definition) is 1. The maximum atomic E-state index is 13.1. The number of sulfone groups is 1. The molecule has 0 unspecified atom stereocenters. The van der Waals surface area contributed by atoms with Gasteiger partial charge in [0.25, 0.3) is 0 Å². The number of rotatable bonds is 8. The van der Waals surface area contributed by atoms with Crippen molar-refractivity contribution in [1.82, 2.24) is 4.72 Å². The largest absolute Gasteiger partial charge is 0.240 e. The van der Waals surface area contributed by atoms with E-state index in [4.69, 9.17) is 0 Å². The van der Waals surface area contributed by atoms with Crippen LogP contribution in [0.1, 0.15) is 30.9 Å². The predicted molar refractivity (Wildman–Crippen MR) is 118 cm³/mol. The maximum absolute atomic E-state index is 13.1. The van der Waals surface area contributed by atoms with Crippen LogP contribution >= 0.6 is 0 Å². The molecule has 0 amide bonds. The van der Waals surface area contributed by atoms with Gasteiger partial charge in [0, 0.05) is 6.54 Å². The zero-order chi connectivity index (χ0) is 21.8. The van der Waals surface area contributed by atoms with Crippen LogP contribution in [0.4, 0.5) is 0 Å². The molecule has 3 rings (SSSR count). The first kappa shape index (κ1) is 22.2. The minimum Gasteiger partial charge on any atom is -0.219 e. The van der Waals surface area contributed by atoms with Crippen molar-refractivity contribution in [2.45, 2.75) is 40.9 Å². The highest BCUT2D eigenvalue weighted by Crippen LogP contribution is 2.29. The summed E-state index contributed by atoms with van der Waals surface area (Å²) in [6.45, 7) is 3.98. The van der Waals surface area contributed by atoms with E-state index in [1.54, 1.807) is 24.3 Å². The van der Waals surface area contributed by atoms with Gasteiger partial charge in [-0.2, -0.15) is 0 Å². The highest BCUT2D eigenvalue weighted by atomic mass is 32.2. The lowest BCUT2D eigenvalue weighted by Crippen LogP contribution is -2.27. The van der Waals surface area contributed by atoms with Gasteiger partial charge in [-0.15, -0.1) is 0 Å². The Morgan fingerprint density at radius 3 is 1.97 bits per heavy atom. The molecule has 0 fully saturated rings. The van der Waals surface area contributed by atoms with E-state index in [0.717, 1.165) is 5.56 Å². The first-order valence-electron chi connectivity index (χ1n) is 9.69. The maximum Gasteiger partial charge on any atom is 0.240 e. The second-order valence-corrected chi connectivity index (χ2v) is 11.0. The standard InChI is InChI=1S/C23H25NO4S2/c1-18(2)22-14-13-21(29(25,26)20-11-7-4-8-12-20)17-23(22)30(27,28)24-16-15-19-9-5-3-6-10-19/h3-14,17-18,24H,15-16H2,1-2H3. The molecule has 0 heterocycles. The van der Waals surface area contributed by atoms with Crippen molar-refractivity contribution in [1.29, 1.82) is 0 Å². The molecular weight excluding hydrogens is 418 g/mol. The van der Waals surface area contributed by atoms with Gasteiger partial charge in [-0.3, -0.25) is 0 Å². The Kier molecular flexibility index (Phi) is 6.75. The molecule has 0 radical (unpaired) electrons. The zero-order valence-electron chi connectivity index (χ0n) is 16.9. The lowest BCUT2D eigenvalue weighted by molar-refractivity contribution is 0.578. The molecule has 0 bridgehead atoms. The summed E-state index contributed by atoms with van der Waals surface area (Å²) in [7, 11) is -7.71. The zero-order valence-corrected chi connectivity index (χ0v) is 18.6. The Labute approximate surface area is 178 Å². The molecule has 158 valence electrons. The SMILES string of the molecule is CC(C)c1ccc(S(=O)(=O)c2ccccc2)cc1S(=O)(=O)NCCc1ccccc1. The van der Waals surface area contributed by atoms with E-state index in [1.807, 2.05) is 44.2 Å². The van der Waals surface area contributed by atoms with Crippen LogP contribution in [0.2, 0.25) is 0 Å². The second-order valence-electron chi connectivity index (χ2n) is 7.30. The van der Waals surface area contributed by atoms with Gasteiger partial charge in [-0.1, -0.05) is 68.4 Å². The highest BCUT2D eigenvalue weighted by molar-refractivity contribution is 7.91. The molecule has 3 aromatic carbocycles. The molecular formula is C23H25NO4S2.